The Morgan fingerprint density at radius 2 is 1.94 bits per heavy atom. The molecule has 1 aliphatic carbocycles. The van der Waals surface area contributed by atoms with Gasteiger partial charge in [0.25, 0.3) is 0 Å². The Morgan fingerprint density at radius 1 is 1.21 bits per heavy atom. The molecular weight excluding hydrogens is 432 g/mol. The van der Waals surface area contributed by atoms with E-state index in [1.165, 1.54) is 0 Å². The molecule has 1 fully saturated rings. The highest BCUT2D eigenvalue weighted by atomic mass is 16.4. The van der Waals surface area contributed by atoms with E-state index in [1.807, 2.05) is 45.9 Å². The third kappa shape index (κ3) is 3.03. The summed E-state index contributed by atoms with van der Waals surface area (Å²) in [4.78, 5) is 30.1. The number of hydrazone groups is 1. The monoisotopic (exact) mass is 464 g/mol. The summed E-state index contributed by atoms with van der Waals surface area (Å²) in [5, 5.41) is 28.4. The zero-order valence-electron chi connectivity index (χ0n) is 20.2. The first kappa shape index (κ1) is 22.6. The average Bonchev–Trinajstić information content (AvgIpc) is 3.42. The number of fused-ring (bicyclic) bond motifs is 2. The van der Waals surface area contributed by atoms with Crippen molar-refractivity contribution in [3.05, 3.63) is 42.2 Å². The molecule has 4 heterocycles. The Labute approximate surface area is 199 Å². The molecule has 2 aliphatic heterocycles. The van der Waals surface area contributed by atoms with Gasteiger partial charge in [-0.05, 0) is 48.8 Å². The summed E-state index contributed by atoms with van der Waals surface area (Å²) in [7, 11) is 0. The van der Waals surface area contributed by atoms with Gasteiger partial charge in [0, 0.05) is 18.1 Å². The van der Waals surface area contributed by atoms with Crippen LogP contribution >= 0.6 is 0 Å². The third-order valence-corrected chi connectivity index (χ3v) is 8.02. The highest BCUT2D eigenvalue weighted by Gasteiger charge is 2.65. The lowest BCUT2D eigenvalue weighted by Crippen LogP contribution is -2.59. The lowest BCUT2D eigenvalue weighted by atomic mass is 9.58. The van der Waals surface area contributed by atoms with Crippen molar-refractivity contribution in [2.45, 2.75) is 59.5 Å². The van der Waals surface area contributed by atoms with Crippen molar-refractivity contribution in [2.75, 3.05) is 6.54 Å². The van der Waals surface area contributed by atoms with Crippen molar-refractivity contribution < 1.29 is 19.8 Å². The summed E-state index contributed by atoms with van der Waals surface area (Å²) in [6.07, 6.45) is 7.92. The molecule has 180 valence electrons. The van der Waals surface area contributed by atoms with Crippen LogP contribution in [0.3, 0.4) is 0 Å². The molecule has 0 radical (unpaired) electrons. The van der Waals surface area contributed by atoms with E-state index in [4.69, 9.17) is 5.10 Å². The predicted molar refractivity (Wildman–Crippen MR) is 129 cm³/mol. The molecule has 3 aliphatic rings. The van der Waals surface area contributed by atoms with Crippen LogP contribution in [0.4, 0.5) is 0 Å². The number of pyridine rings is 1. The normalized spacial score (nSPS) is 28.8. The Bertz CT molecular complexity index is 1240. The molecule has 3 unspecified atom stereocenters. The smallest absolute Gasteiger partial charge is 0.318 e. The van der Waals surface area contributed by atoms with Crippen LogP contribution in [0.15, 0.2) is 41.6 Å². The average molecular weight is 465 g/mol. The standard InChI is InChI=1S/C26H32N4O4/c1-5-25(22(31)32)11-10-19-26(23(33)34,24(2,3)4)20(28-30(19)15-25)18-13-17-7-6-12-27-21(17)29(18)14-16-8-9-16/h6-7,10-13,16,19H,5,8-9,14-15H2,1-4H3,(H,31,32)(H,33,34). The molecule has 8 nitrogen and oxygen atoms in total. The second-order valence-electron chi connectivity index (χ2n) is 11.0. The maximum atomic E-state index is 13.3. The van der Waals surface area contributed by atoms with E-state index >= 15 is 0 Å². The third-order valence-electron chi connectivity index (χ3n) is 8.02. The van der Waals surface area contributed by atoms with Crippen molar-refractivity contribution in [2.24, 2.45) is 27.3 Å². The van der Waals surface area contributed by atoms with Crippen molar-refractivity contribution in [3.8, 4) is 0 Å². The Kier molecular flexibility index (Phi) is 4.94. The van der Waals surface area contributed by atoms with E-state index < -0.39 is 34.2 Å². The van der Waals surface area contributed by atoms with Crippen LogP contribution in [0.5, 0.6) is 0 Å². The lowest BCUT2D eigenvalue weighted by molar-refractivity contribution is -0.154. The molecule has 0 aromatic carbocycles. The number of nitrogens with zero attached hydrogens (tertiary/aromatic N) is 4. The number of carboxylic acid groups (broad SMARTS) is 2. The quantitative estimate of drug-likeness (QED) is 0.626. The maximum Gasteiger partial charge on any atom is 0.318 e. The molecule has 0 amide bonds. The summed E-state index contributed by atoms with van der Waals surface area (Å²) in [6, 6.07) is 5.29. The number of aromatic nitrogens is 2. The second kappa shape index (κ2) is 7.42. The largest absolute Gasteiger partial charge is 0.481 e. The van der Waals surface area contributed by atoms with Crippen molar-refractivity contribution in [3.63, 3.8) is 0 Å². The fraction of sp³-hybridized carbons (Fsp3) is 0.538. The summed E-state index contributed by atoms with van der Waals surface area (Å²) in [6.45, 7) is 8.53. The van der Waals surface area contributed by atoms with Gasteiger partial charge in [-0.2, -0.15) is 5.10 Å². The molecular formula is C26H32N4O4. The zero-order chi connectivity index (χ0) is 24.5. The molecule has 34 heavy (non-hydrogen) atoms. The number of aliphatic carboxylic acids is 2. The number of rotatable bonds is 6. The molecule has 8 heteroatoms. The van der Waals surface area contributed by atoms with Crippen LogP contribution in [0, 0.1) is 22.2 Å². The van der Waals surface area contributed by atoms with Gasteiger partial charge in [-0.15, -0.1) is 0 Å². The van der Waals surface area contributed by atoms with Crippen LogP contribution in [-0.2, 0) is 16.1 Å². The van der Waals surface area contributed by atoms with E-state index in [-0.39, 0.29) is 6.54 Å². The summed E-state index contributed by atoms with van der Waals surface area (Å²) >= 11 is 0. The van der Waals surface area contributed by atoms with Crippen molar-refractivity contribution in [1.82, 2.24) is 14.6 Å². The first-order valence-electron chi connectivity index (χ1n) is 12.0. The van der Waals surface area contributed by atoms with Gasteiger partial charge in [0.2, 0.25) is 0 Å². The van der Waals surface area contributed by atoms with Gasteiger partial charge in [0.1, 0.15) is 22.2 Å². The molecule has 0 saturated heterocycles. The van der Waals surface area contributed by atoms with E-state index in [1.54, 1.807) is 23.4 Å². The molecule has 0 bridgehead atoms. The number of hydrogen-bond acceptors (Lipinski definition) is 5. The summed E-state index contributed by atoms with van der Waals surface area (Å²) < 4.78 is 2.13. The van der Waals surface area contributed by atoms with E-state index in [0.717, 1.165) is 36.1 Å². The molecule has 2 aromatic heterocycles. The minimum atomic E-state index is -1.36. The first-order valence-corrected chi connectivity index (χ1v) is 12.0. The van der Waals surface area contributed by atoms with Crippen LogP contribution in [-0.4, -0.2) is 55.0 Å². The Morgan fingerprint density at radius 3 is 2.53 bits per heavy atom. The van der Waals surface area contributed by atoms with Crippen molar-refractivity contribution >= 4 is 28.7 Å². The molecule has 3 atom stereocenters. The fourth-order valence-corrected chi connectivity index (χ4v) is 5.77. The molecule has 0 spiro atoms. The van der Waals surface area contributed by atoms with Crippen LogP contribution < -0.4 is 0 Å². The Balaban J connectivity index is 1.76. The molecule has 2 aromatic rings. The van der Waals surface area contributed by atoms with E-state index in [9.17, 15) is 19.8 Å². The second-order valence-corrected chi connectivity index (χ2v) is 11.0. The van der Waals surface area contributed by atoms with Crippen LogP contribution in [0.1, 0.15) is 52.7 Å². The van der Waals surface area contributed by atoms with Gasteiger partial charge >= 0.3 is 11.9 Å². The molecule has 2 N–H and O–H groups in total. The van der Waals surface area contributed by atoms with Crippen LogP contribution in [0.2, 0.25) is 0 Å². The fourth-order valence-electron chi connectivity index (χ4n) is 5.77. The minimum Gasteiger partial charge on any atom is -0.481 e. The van der Waals surface area contributed by atoms with Gasteiger partial charge in [-0.3, -0.25) is 14.6 Å². The van der Waals surface area contributed by atoms with Gasteiger partial charge in [-0.25, -0.2) is 4.98 Å². The molecule has 5 rings (SSSR count). The van der Waals surface area contributed by atoms with Gasteiger partial charge < -0.3 is 14.8 Å². The zero-order valence-corrected chi connectivity index (χ0v) is 20.2. The van der Waals surface area contributed by atoms with Crippen molar-refractivity contribution in [1.29, 1.82) is 0 Å². The van der Waals surface area contributed by atoms with E-state index in [0.29, 0.717) is 18.1 Å². The highest BCUT2D eigenvalue weighted by molar-refractivity contribution is 6.18. The van der Waals surface area contributed by atoms with Gasteiger partial charge in [-0.1, -0.05) is 39.8 Å². The highest BCUT2D eigenvalue weighted by Crippen LogP contribution is 2.53. The van der Waals surface area contributed by atoms with E-state index in [2.05, 4.69) is 9.55 Å². The minimum absolute atomic E-state index is 0.135. The molecule has 1 saturated carbocycles. The summed E-state index contributed by atoms with van der Waals surface area (Å²) in [5.41, 5.74) is -1.09. The Hall–Kier alpha value is -3.16. The SMILES string of the molecule is CCC1(C(=O)O)C=CC2N(C1)N=C(c1cc3cccnc3n1CC1CC1)C2(C(=O)O)C(C)(C)C. The van der Waals surface area contributed by atoms with Gasteiger partial charge in [0.05, 0.1) is 18.3 Å². The number of carboxylic acids is 2. The van der Waals surface area contributed by atoms with Crippen LogP contribution in [0.25, 0.3) is 11.0 Å². The maximum absolute atomic E-state index is 13.3. The number of hydrogen-bond donors (Lipinski definition) is 2. The topological polar surface area (TPSA) is 108 Å². The summed E-state index contributed by atoms with van der Waals surface area (Å²) in [5.74, 6) is -1.32. The van der Waals surface area contributed by atoms with Gasteiger partial charge in [0.15, 0.2) is 0 Å². The number of carbonyl (C=O) groups is 2. The first-order chi connectivity index (χ1) is 16.0. The lowest BCUT2D eigenvalue weighted by Gasteiger charge is -2.46. The predicted octanol–water partition coefficient (Wildman–Crippen LogP) is 4.00.